The van der Waals surface area contributed by atoms with Crippen LogP contribution in [0.5, 0.6) is 5.75 Å². The molecule has 0 aliphatic carbocycles. The number of rotatable bonds is 10. The minimum Gasteiger partial charge on any atom is -0.493 e. The van der Waals surface area contributed by atoms with Crippen molar-refractivity contribution in [2.24, 2.45) is 0 Å². The van der Waals surface area contributed by atoms with Gasteiger partial charge in [-0.3, -0.25) is 0 Å². The standard InChI is InChI=1S/C17H29NO/c1-4-5-6-7-10-13-19-17-12-9-8-11-16(17)14-18-15(2)3/h8-9,11-12,15,18H,4-7,10,13-14H2,1-3H3. The second kappa shape index (κ2) is 9.85. The van der Waals surface area contributed by atoms with Crippen LogP contribution in [0, 0.1) is 0 Å². The lowest BCUT2D eigenvalue weighted by Crippen LogP contribution is -2.22. The Bertz CT molecular complexity index is 336. The van der Waals surface area contributed by atoms with Crippen LogP contribution >= 0.6 is 0 Å². The van der Waals surface area contributed by atoms with E-state index in [0.29, 0.717) is 6.04 Å². The summed E-state index contributed by atoms with van der Waals surface area (Å²) in [4.78, 5) is 0. The molecule has 0 spiro atoms. The quantitative estimate of drug-likeness (QED) is 0.626. The molecule has 0 bridgehead atoms. The van der Waals surface area contributed by atoms with Crippen molar-refractivity contribution in [3.05, 3.63) is 29.8 Å². The first-order valence-electron chi connectivity index (χ1n) is 7.68. The van der Waals surface area contributed by atoms with E-state index in [1.54, 1.807) is 0 Å². The van der Waals surface area contributed by atoms with Crippen LogP contribution in [-0.2, 0) is 6.54 Å². The number of unbranched alkanes of at least 4 members (excludes halogenated alkanes) is 4. The summed E-state index contributed by atoms with van der Waals surface area (Å²) in [5.74, 6) is 1.03. The summed E-state index contributed by atoms with van der Waals surface area (Å²) >= 11 is 0. The molecule has 0 saturated carbocycles. The van der Waals surface area contributed by atoms with Gasteiger partial charge in [0.05, 0.1) is 6.61 Å². The minimum absolute atomic E-state index is 0.502. The first-order chi connectivity index (χ1) is 9.24. The van der Waals surface area contributed by atoms with Gasteiger partial charge >= 0.3 is 0 Å². The molecular weight excluding hydrogens is 234 g/mol. The van der Waals surface area contributed by atoms with Gasteiger partial charge in [-0.15, -0.1) is 0 Å². The molecular formula is C17H29NO. The topological polar surface area (TPSA) is 21.3 Å². The number of nitrogens with one attached hydrogen (secondary N) is 1. The molecule has 0 aromatic heterocycles. The number of hydrogen-bond donors (Lipinski definition) is 1. The summed E-state index contributed by atoms with van der Waals surface area (Å²) < 4.78 is 5.91. The molecule has 0 unspecified atom stereocenters. The highest BCUT2D eigenvalue weighted by atomic mass is 16.5. The molecule has 19 heavy (non-hydrogen) atoms. The SMILES string of the molecule is CCCCCCCOc1ccccc1CNC(C)C. The lowest BCUT2D eigenvalue weighted by Gasteiger charge is -2.13. The summed E-state index contributed by atoms with van der Waals surface area (Å²) in [6.07, 6.45) is 6.40. The molecule has 1 aromatic carbocycles. The normalized spacial score (nSPS) is 10.9. The fraction of sp³-hybridized carbons (Fsp3) is 0.647. The van der Waals surface area contributed by atoms with E-state index in [1.807, 2.05) is 6.07 Å². The van der Waals surface area contributed by atoms with Crippen molar-refractivity contribution in [1.29, 1.82) is 0 Å². The van der Waals surface area contributed by atoms with Crippen molar-refractivity contribution in [3.8, 4) is 5.75 Å². The van der Waals surface area contributed by atoms with Gasteiger partial charge in [0.25, 0.3) is 0 Å². The largest absolute Gasteiger partial charge is 0.493 e. The van der Waals surface area contributed by atoms with Gasteiger partial charge in [-0.1, -0.05) is 64.7 Å². The minimum atomic E-state index is 0.502. The van der Waals surface area contributed by atoms with E-state index in [1.165, 1.54) is 31.2 Å². The van der Waals surface area contributed by atoms with Crippen molar-refractivity contribution in [2.75, 3.05) is 6.61 Å². The molecule has 2 heteroatoms. The lowest BCUT2D eigenvalue weighted by molar-refractivity contribution is 0.300. The number of benzene rings is 1. The predicted octanol–water partition coefficient (Wildman–Crippen LogP) is 4.53. The van der Waals surface area contributed by atoms with Gasteiger partial charge in [0.1, 0.15) is 5.75 Å². The molecule has 2 nitrogen and oxygen atoms in total. The second-order valence-corrected chi connectivity index (χ2v) is 5.41. The molecule has 0 heterocycles. The molecule has 1 aromatic rings. The van der Waals surface area contributed by atoms with Crippen molar-refractivity contribution >= 4 is 0 Å². The van der Waals surface area contributed by atoms with Crippen molar-refractivity contribution < 1.29 is 4.74 Å². The van der Waals surface area contributed by atoms with Gasteiger partial charge in [0.15, 0.2) is 0 Å². The molecule has 0 aliphatic rings. The number of ether oxygens (including phenoxy) is 1. The summed E-state index contributed by atoms with van der Waals surface area (Å²) in [7, 11) is 0. The van der Waals surface area contributed by atoms with Crippen molar-refractivity contribution in [2.45, 2.75) is 65.5 Å². The van der Waals surface area contributed by atoms with Gasteiger partial charge < -0.3 is 10.1 Å². The van der Waals surface area contributed by atoms with E-state index in [-0.39, 0.29) is 0 Å². The molecule has 108 valence electrons. The molecule has 0 atom stereocenters. The van der Waals surface area contributed by atoms with Crippen LogP contribution in [0.4, 0.5) is 0 Å². The molecule has 0 fully saturated rings. The highest BCUT2D eigenvalue weighted by molar-refractivity contribution is 5.33. The Kier molecular flexibility index (Phi) is 8.31. The maximum absolute atomic E-state index is 5.91. The van der Waals surface area contributed by atoms with Crippen molar-refractivity contribution in [1.82, 2.24) is 5.32 Å². The fourth-order valence-corrected chi connectivity index (χ4v) is 1.99. The molecule has 0 amide bonds. The van der Waals surface area contributed by atoms with Crippen LogP contribution in [0.2, 0.25) is 0 Å². The highest BCUT2D eigenvalue weighted by Gasteiger charge is 2.03. The average Bonchev–Trinajstić information content (AvgIpc) is 2.41. The van der Waals surface area contributed by atoms with Gasteiger partial charge in [-0.25, -0.2) is 0 Å². The van der Waals surface area contributed by atoms with Crippen LogP contribution in [0.1, 0.15) is 58.4 Å². The Hall–Kier alpha value is -1.02. The Morgan fingerprint density at radius 1 is 1.05 bits per heavy atom. The van der Waals surface area contributed by atoms with Gasteiger partial charge in [-0.05, 0) is 12.5 Å². The fourth-order valence-electron chi connectivity index (χ4n) is 1.99. The highest BCUT2D eigenvalue weighted by Crippen LogP contribution is 2.18. The zero-order valence-electron chi connectivity index (χ0n) is 12.7. The monoisotopic (exact) mass is 263 g/mol. The second-order valence-electron chi connectivity index (χ2n) is 5.41. The number of hydrogen-bond acceptors (Lipinski definition) is 2. The third kappa shape index (κ3) is 7.22. The molecule has 1 N–H and O–H groups in total. The first-order valence-corrected chi connectivity index (χ1v) is 7.68. The molecule has 1 rings (SSSR count). The van der Waals surface area contributed by atoms with Crippen LogP contribution in [0.15, 0.2) is 24.3 Å². The lowest BCUT2D eigenvalue weighted by atomic mass is 10.1. The maximum atomic E-state index is 5.91. The van der Waals surface area contributed by atoms with E-state index in [2.05, 4.69) is 44.3 Å². The summed E-state index contributed by atoms with van der Waals surface area (Å²) in [6, 6.07) is 8.84. The van der Waals surface area contributed by atoms with Crippen LogP contribution in [-0.4, -0.2) is 12.6 Å². The van der Waals surface area contributed by atoms with Crippen LogP contribution < -0.4 is 10.1 Å². The van der Waals surface area contributed by atoms with E-state index in [4.69, 9.17) is 4.74 Å². The summed E-state index contributed by atoms with van der Waals surface area (Å²) in [6.45, 7) is 8.29. The summed E-state index contributed by atoms with van der Waals surface area (Å²) in [5, 5.41) is 3.44. The molecule has 0 radical (unpaired) electrons. The molecule has 0 saturated heterocycles. The molecule has 0 aliphatic heterocycles. The van der Waals surface area contributed by atoms with E-state index < -0.39 is 0 Å². The maximum Gasteiger partial charge on any atom is 0.123 e. The Labute approximate surface area is 118 Å². The van der Waals surface area contributed by atoms with Gasteiger partial charge in [0, 0.05) is 18.2 Å². The smallest absolute Gasteiger partial charge is 0.123 e. The van der Waals surface area contributed by atoms with Crippen LogP contribution in [0.3, 0.4) is 0 Å². The van der Waals surface area contributed by atoms with Crippen molar-refractivity contribution in [3.63, 3.8) is 0 Å². The zero-order valence-corrected chi connectivity index (χ0v) is 12.7. The van der Waals surface area contributed by atoms with Gasteiger partial charge in [0.2, 0.25) is 0 Å². The zero-order chi connectivity index (χ0) is 13.9. The summed E-state index contributed by atoms with van der Waals surface area (Å²) in [5.41, 5.74) is 1.25. The first kappa shape index (κ1) is 16.0. The van der Waals surface area contributed by atoms with E-state index >= 15 is 0 Å². The number of para-hydroxylation sites is 1. The van der Waals surface area contributed by atoms with Crippen LogP contribution in [0.25, 0.3) is 0 Å². The van der Waals surface area contributed by atoms with E-state index in [9.17, 15) is 0 Å². The Balaban J connectivity index is 2.31. The Morgan fingerprint density at radius 3 is 2.53 bits per heavy atom. The van der Waals surface area contributed by atoms with Gasteiger partial charge in [-0.2, -0.15) is 0 Å². The average molecular weight is 263 g/mol. The predicted molar refractivity (Wildman–Crippen MR) is 82.7 cm³/mol. The third-order valence-corrected chi connectivity index (χ3v) is 3.18. The van der Waals surface area contributed by atoms with E-state index in [0.717, 1.165) is 25.3 Å². The Morgan fingerprint density at radius 2 is 1.79 bits per heavy atom. The third-order valence-electron chi connectivity index (χ3n) is 3.18.